The minimum atomic E-state index is -0.986. The SMILES string of the molecule is COCN1C(=O)N(CO)C2C1N(CO)C(=O)N2C(C)=O. The van der Waals surface area contributed by atoms with Crippen molar-refractivity contribution in [1.29, 1.82) is 0 Å². The number of fused-ring (bicyclic) bond motifs is 1. The Balaban J connectivity index is 2.45. The van der Waals surface area contributed by atoms with Crippen LogP contribution in [-0.2, 0) is 9.53 Å². The average molecular weight is 288 g/mol. The highest BCUT2D eigenvalue weighted by molar-refractivity contribution is 5.97. The summed E-state index contributed by atoms with van der Waals surface area (Å²) in [6.07, 6.45) is -1.88. The molecule has 5 amide bonds. The molecular formula is C10H16N4O6. The zero-order valence-electron chi connectivity index (χ0n) is 11.1. The Bertz CT molecular complexity index is 441. The van der Waals surface area contributed by atoms with Crippen molar-refractivity contribution < 1.29 is 29.3 Å². The second-order valence-electron chi connectivity index (χ2n) is 4.39. The van der Waals surface area contributed by atoms with Crippen molar-refractivity contribution in [2.45, 2.75) is 19.3 Å². The summed E-state index contributed by atoms with van der Waals surface area (Å²) in [5.41, 5.74) is 0. The number of urea groups is 2. The van der Waals surface area contributed by atoms with Crippen LogP contribution >= 0.6 is 0 Å². The van der Waals surface area contributed by atoms with Gasteiger partial charge in [0.25, 0.3) is 0 Å². The van der Waals surface area contributed by atoms with Crippen molar-refractivity contribution in [2.24, 2.45) is 0 Å². The molecule has 10 heteroatoms. The number of rotatable bonds is 4. The van der Waals surface area contributed by atoms with Crippen LogP contribution < -0.4 is 0 Å². The fraction of sp³-hybridized carbons (Fsp3) is 0.700. The fourth-order valence-electron chi connectivity index (χ4n) is 2.56. The number of hydrogen-bond acceptors (Lipinski definition) is 6. The maximum Gasteiger partial charge on any atom is 0.332 e. The third-order valence-electron chi connectivity index (χ3n) is 3.34. The molecule has 20 heavy (non-hydrogen) atoms. The van der Waals surface area contributed by atoms with Crippen molar-refractivity contribution in [1.82, 2.24) is 19.6 Å². The summed E-state index contributed by atoms with van der Waals surface area (Å²) in [7, 11) is 1.37. The maximum atomic E-state index is 12.1. The Morgan fingerprint density at radius 1 is 1.10 bits per heavy atom. The number of aliphatic hydroxyl groups excluding tert-OH is 2. The molecule has 2 unspecified atom stereocenters. The van der Waals surface area contributed by atoms with Crippen molar-refractivity contribution in [3.8, 4) is 0 Å². The number of carbonyl (C=O) groups is 3. The van der Waals surface area contributed by atoms with Crippen molar-refractivity contribution in [3.63, 3.8) is 0 Å². The van der Waals surface area contributed by atoms with Crippen LogP contribution in [0, 0.1) is 0 Å². The minimum absolute atomic E-state index is 0.133. The van der Waals surface area contributed by atoms with Crippen LogP contribution in [0.25, 0.3) is 0 Å². The van der Waals surface area contributed by atoms with Crippen LogP contribution in [0.2, 0.25) is 0 Å². The molecule has 0 spiro atoms. The second-order valence-corrected chi connectivity index (χ2v) is 4.39. The molecular weight excluding hydrogens is 272 g/mol. The smallest absolute Gasteiger partial charge is 0.332 e. The van der Waals surface area contributed by atoms with Gasteiger partial charge >= 0.3 is 12.1 Å². The molecule has 2 saturated heterocycles. The Morgan fingerprint density at radius 2 is 1.65 bits per heavy atom. The highest BCUT2D eigenvalue weighted by atomic mass is 16.5. The standard InChI is InChI=1S/C10H16N4O6/c1-6(17)14-8-7(11(3-15)10(14)19)13(5-20-2)9(18)12(8)4-16/h7-8,15-16H,3-5H2,1-2H3. The maximum absolute atomic E-state index is 12.1. The van der Waals surface area contributed by atoms with Gasteiger partial charge < -0.3 is 14.9 Å². The lowest BCUT2D eigenvalue weighted by atomic mass is 10.3. The highest BCUT2D eigenvalue weighted by Crippen LogP contribution is 2.34. The number of methoxy groups -OCH3 is 1. The lowest BCUT2D eigenvalue weighted by Gasteiger charge is -2.26. The van der Waals surface area contributed by atoms with E-state index in [1.807, 2.05) is 0 Å². The van der Waals surface area contributed by atoms with Gasteiger partial charge in [-0.15, -0.1) is 0 Å². The summed E-state index contributed by atoms with van der Waals surface area (Å²) in [6, 6.07) is -1.30. The zero-order chi connectivity index (χ0) is 15.0. The van der Waals surface area contributed by atoms with Gasteiger partial charge in [0.15, 0.2) is 12.3 Å². The summed E-state index contributed by atoms with van der Waals surface area (Å²) in [4.78, 5) is 39.8. The predicted molar refractivity (Wildman–Crippen MR) is 62.5 cm³/mol. The first-order valence-corrected chi connectivity index (χ1v) is 5.87. The first kappa shape index (κ1) is 14.5. The van der Waals surface area contributed by atoms with E-state index in [0.29, 0.717) is 0 Å². The monoisotopic (exact) mass is 288 g/mol. The quantitative estimate of drug-likeness (QED) is 0.628. The molecule has 2 fully saturated rings. The van der Waals surface area contributed by atoms with E-state index in [1.165, 1.54) is 14.0 Å². The molecule has 2 aliphatic heterocycles. The molecule has 112 valence electrons. The number of amides is 5. The third kappa shape index (κ3) is 1.80. The van der Waals surface area contributed by atoms with Gasteiger partial charge in [-0.05, 0) is 0 Å². The molecule has 2 heterocycles. The lowest BCUT2D eigenvalue weighted by molar-refractivity contribution is -0.129. The van der Waals surface area contributed by atoms with Gasteiger partial charge in [0.05, 0.1) is 0 Å². The van der Waals surface area contributed by atoms with Gasteiger partial charge in [-0.3, -0.25) is 19.5 Å². The summed E-state index contributed by atoms with van der Waals surface area (Å²) in [5, 5.41) is 18.6. The van der Waals surface area contributed by atoms with Crippen molar-refractivity contribution in [3.05, 3.63) is 0 Å². The average Bonchev–Trinajstić information content (AvgIpc) is 2.82. The van der Waals surface area contributed by atoms with Crippen LogP contribution in [0.4, 0.5) is 9.59 Å². The van der Waals surface area contributed by atoms with Gasteiger partial charge in [-0.25, -0.2) is 14.5 Å². The number of imide groups is 1. The van der Waals surface area contributed by atoms with E-state index >= 15 is 0 Å². The van der Waals surface area contributed by atoms with Crippen LogP contribution in [0.15, 0.2) is 0 Å². The highest BCUT2D eigenvalue weighted by Gasteiger charge is 2.60. The van der Waals surface area contributed by atoms with E-state index in [2.05, 4.69) is 0 Å². The number of carbonyl (C=O) groups excluding carboxylic acids is 3. The van der Waals surface area contributed by atoms with Crippen molar-refractivity contribution in [2.75, 3.05) is 27.3 Å². The molecule has 0 aromatic heterocycles. The van der Waals surface area contributed by atoms with Crippen LogP contribution in [0.3, 0.4) is 0 Å². The first-order chi connectivity index (χ1) is 9.49. The number of nitrogens with zero attached hydrogens (tertiary/aromatic N) is 4. The predicted octanol–water partition coefficient (Wildman–Crippen LogP) is -1.84. The van der Waals surface area contributed by atoms with Crippen LogP contribution in [0.1, 0.15) is 6.92 Å². The Kier molecular flexibility index (Phi) is 3.79. The van der Waals surface area contributed by atoms with Gasteiger partial charge in [0, 0.05) is 14.0 Å². The van der Waals surface area contributed by atoms with Crippen LogP contribution in [0.5, 0.6) is 0 Å². The van der Waals surface area contributed by atoms with E-state index in [-0.39, 0.29) is 6.73 Å². The summed E-state index contributed by atoms with van der Waals surface area (Å²) in [5.74, 6) is -0.577. The number of aliphatic hydroxyl groups is 2. The van der Waals surface area contributed by atoms with E-state index in [4.69, 9.17) is 4.74 Å². The molecule has 0 radical (unpaired) electrons. The molecule has 0 saturated carbocycles. The normalized spacial score (nSPS) is 25.8. The summed E-state index contributed by atoms with van der Waals surface area (Å²) < 4.78 is 4.89. The molecule has 0 aromatic rings. The van der Waals surface area contributed by atoms with Gasteiger partial charge in [0.2, 0.25) is 5.91 Å². The Hall–Kier alpha value is -1.91. The molecule has 2 rings (SSSR count). The van der Waals surface area contributed by atoms with Crippen LogP contribution in [-0.4, -0.2) is 87.4 Å². The summed E-state index contributed by atoms with van der Waals surface area (Å²) in [6.45, 7) is -0.270. The molecule has 2 aliphatic rings. The molecule has 2 N–H and O–H groups in total. The Labute approximate surface area is 114 Å². The van der Waals surface area contributed by atoms with Crippen molar-refractivity contribution >= 4 is 18.0 Å². The molecule has 0 bridgehead atoms. The fourth-order valence-corrected chi connectivity index (χ4v) is 2.56. The minimum Gasteiger partial charge on any atom is -0.376 e. The van der Waals surface area contributed by atoms with Gasteiger partial charge in [0.1, 0.15) is 20.2 Å². The Morgan fingerprint density at radius 3 is 2.10 bits per heavy atom. The molecule has 0 aliphatic carbocycles. The van der Waals surface area contributed by atoms with E-state index in [1.54, 1.807) is 0 Å². The van der Waals surface area contributed by atoms with E-state index in [0.717, 1.165) is 19.6 Å². The summed E-state index contributed by atoms with van der Waals surface area (Å²) >= 11 is 0. The van der Waals surface area contributed by atoms with E-state index < -0.39 is 43.8 Å². The molecule has 0 aromatic carbocycles. The first-order valence-electron chi connectivity index (χ1n) is 5.87. The number of ether oxygens (including phenoxy) is 1. The third-order valence-corrected chi connectivity index (χ3v) is 3.34. The topological polar surface area (TPSA) is 114 Å². The number of hydrogen-bond donors (Lipinski definition) is 2. The largest absolute Gasteiger partial charge is 0.376 e. The zero-order valence-corrected chi connectivity index (χ0v) is 11.1. The second kappa shape index (κ2) is 5.23. The van der Waals surface area contributed by atoms with Gasteiger partial charge in [-0.2, -0.15) is 0 Å². The van der Waals surface area contributed by atoms with Gasteiger partial charge in [-0.1, -0.05) is 0 Å². The molecule has 2 atom stereocenters. The van der Waals surface area contributed by atoms with E-state index in [9.17, 15) is 24.6 Å². The molecule has 10 nitrogen and oxygen atoms in total. The lowest BCUT2D eigenvalue weighted by Crippen LogP contribution is -2.48.